The molecule has 1 heterocycles. The van der Waals surface area contributed by atoms with E-state index in [0.717, 1.165) is 6.07 Å². The van der Waals surface area contributed by atoms with Gasteiger partial charge in [-0.3, -0.25) is 9.59 Å². The number of nitrogens with zero attached hydrogens (tertiary/aromatic N) is 1. The van der Waals surface area contributed by atoms with E-state index >= 15 is 0 Å². The summed E-state index contributed by atoms with van der Waals surface area (Å²) in [5, 5.41) is 0. The van der Waals surface area contributed by atoms with Gasteiger partial charge in [-0.05, 0) is 12.5 Å². The molecule has 126 valence electrons. The normalized spacial score (nSPS) is 17.6. The van der Waals surface area contributed by atoms with E-state index in [4.69, 9.17) is 9.47 Å². The van der Waals surface area contributed by atoms with Gasteiger partial charge >= 0.3 is 5.97 Å². The molecule has 0 aromatic heterocycles. The molecule has 1 aliphatic rings. The summed E-state index contributed by atoms with van der Waals surface area (Å²) in [5.41, 5.74) is 0.0954. The van der Waals surface area contributed by atoms with Crippen LogP contribution in [-0.2, 0) is 25.6 Å². The number of carbonyl (C=O) groups excluding carboxylic acids is 2. The van der Waals surface area contributed by atoms with E-state index < -0.39 is 17.6 Å². The third-order valence-corrected chi connectivity index (χ3v) is 3.78. The zero-order valence-corrected chi connectivity index (χ0v) is 12.9. The molecule has 0 spiro atoms. The molecule has 0 aliphatic carbocycles. The van der Waals surface area contributed by atoms with Gasteiger partial charge in [-0.2, -0.15) is 0 Å². The van der Waals surface area contributed by atoms with Gasteiger partial charge in [0.1, 0.15) is 6.61 Å². The molecule has 0 bridgehead atoms. The van der Waals surface area contributed by atoms with Crippen LogP contribution in [0.1, 0.15) is 24.8 Å². The third kappa shape index (κ3) is 4.48. The van der Waals surface area contributed by atoms with Crippen LogP contribution in [0.15, 0.2) is 18.2 Å². The minimum Gasteiger partial charge on any atom is -0.463 e. The van der Waals surface area contributed by atoms with Gasteiger partial charge in [-0.15, -0.1) is 0 Å². The number of methoxy groups -OCH3 is 1. The highest BCUT2D eigenvalue weighted by Gasteiger charge is 2.33. The second-order valence-corrected chi connectivity index (χ2v) is 5.34. The second kappa shape index (κ2) is 8.01. The lowest BCUT2D eigenvalue weighted by atomic mass is 10.1. The first-order valence-corrected chi connectivity index (χ1v) is 7.40. The molecule has 1 saturated heterocycles. The Morgan fingerprint density at radius 3 is 2.87 bits per heavy atom. The van der Waals surface area contributed by atoms with Gasteiger partial charge in [0, 0.05) is 31.7 Å². The number of likely N-dealkylation sites (tertiary alicyclic amines) is 1. The maximum absolute atomic E-state index is 13.8. The maximum atomic E-state index is 13.8. The highest BCUT2D eigenvalue weighted by molar-refractivity contribution is 5.80. The highest BCUT2D eigenvalue weighted by atomic mass is 19.2. The minimum atomic E-state index is -0.964. The Hall–Kier alpha value is -2.02. The van der Waals surface area contributed by atoms with Crippen LogP contribution >= 0.6 is 0 Å². The number of hydrogen-bond acceptors (Lipinski definition) is 4. The summed E-state index contributed by atoms with van der Waals surface area (Å²) in [6.07, 6.45) is 0.814. The first-order chi connectivity index (χ1) is 11.0. The molecule has 5 nitrogen and oxygen atoms in total. The summed E-state index contributed by atoms with van der Waals surface area (Å²) < 4.78 is 36.8. The minimum absolute atomic E-state index is 0.0341. The van der Waals surface area contributed by atoms with E-state index in [2.05, 4.69) is 0 Å². The van der Waals surface area contributed by atoms with E-state index in [9.17, 15) is 18.4 Å². The zero-order valence-electron chi connectivity index (χ0n) is 12.9. The predicted octanol–water partition coefficient (Wildman–Crippen LogP) is 2.04. The van der Waals surface area contributed by atoms with Crippen molar-refractivity contribution >= 4 is 11.9 Å². The van der Waals surface area contributed by atoms with Crippen molar-refractivity contribution in [3.63, 3.8) is 0 Å². The van der Waals surface area contributed by atoms with Gasteiger partial charge < -0.3 is 14.4 Å². The molecule has 0 radical (unpaired) electrons. The Kier molecular flexibility index (Phi) is 6.04. The number of hydrogen-bond donors (Lipinski definition) is 0. The average molecular weight is 327 g/mol. The molecule has 1 unspecified atom stereocenters. The first kappa shape index (κ1) is 17.3. The molecule has 1 aliphatic heterocycles. The zero-order chi connectivity index (χ0) is 16.8. The standard InChI is InChI=1S/C16H19F2NO4/c1-22-7-8-23-15(21)9-12-5-6-14(20)19(12)10-11-3-2-4-13(17)16(11)18/h2-4,12H,5-10H2,1H3. The van der Waals surface area contributed by atoms with Gasteiger partial charge in [0.15, 0.2) is 11.6 Å². The monoisotopic (exact) mass is 327 g/mol. The number of halogens is 2. The van der Waals surface area contributed by atoms with Crippen LogP contribution in [0.5, 0.6) is 0 Å². The van der Waals surface area contributed by atoms with E-state index in [0.29, 0.717) is 13.0 Å². The fraction of sp³-hybridized carbons (Fsp3) is 0.500. The Bertz CT molecular complexity index is 579. The summed E-state index contributed by atoms with van der Waals surface area (Å²) in [7, 11) is 1.50. The van der Waals surface area contributed by atoms with Crippen LogP contribution in [0.25, 0.3) is 0 Å². The molecule has 1 atom stereocenters. The lowest BCUT2D eigenvalue weighted by molar-refractivity contribution is -0.146. The molecular weight excluding hydrogens is 308 g/mol. The quantitative estimate of drug-likeness (QED) is 0.568. The molecule has 0 N–H and O–H groups in total. The number of rotatable bonds is 7. The lowest BCUT2D eigenvalue weighted by Gasteiger charge is -2.24. The fourth-order valence-electron chi connectivity index (χ4n) is 2.57. The van der Waals surface area contributed by atoms with Crippen molar-refractivity contribution in [1.29, 1.82) is 0 Å². The Balaban J connectivity index is 1.99. The van der Waals surface area contributed by atoms with Crippen LogP contribution in [0.3, 0.4) is 0 Å². The lowest BCUT2D eigenvalue weighted by Crippen LogP contribution is -2.34. The topological polar surface area (TPSA) is 55.8 Å². The van der Waals surface area contributed by atoms with Crippen LogP contribution in [-0.4, -0.2) is 43.1 Å². The fourth-order valence-corrected chi connectivity index (χ4v) is 2.57. The predicted molar refractivity (Wildman–Crippen MR) is 77.4 cm³/mol. The van der Waals surface area contributed by atoms with Crippen molar-refractivity contribution in [2.75, 3.05) is 20.3 Å². The molecule has 1 aromatic carbocycles. The molecule has 7 heteroatoms. The van der Waals surface area contributed by atoms with Crippen molar-refractivity contribution in [3.05, 3.63) is 35.4 Å². The number of esters is 1. The van der Waals surface area contributed by atoms with Crippen molar-refractivity contribution < 1.29 is 27.8 Å². The number of benzene rings is 1. The Labute approximate surface area is 133 Å². The van der Waals surface area contributed by atoms with Crippen LogP contribution in [0.4, 0.5) is 8.78 Å². The molecule has 1 aromatic rings. The smallest absolute Gasteiger partial charge is 0.307 e. The SMILES string of the molecule is COCCOC(=O)CC1CCC(=O)N1Cc1cccc(F)c1F. The Morgan fingerprint density at radius 2 is 2.13 bits per heavy atom. The van der Waals surface area contributed by atoms with Gasteiger partial charge in [-0.1, -0.05) is 12.1 Å². The van der Waals surface area contributed by atoms with Crippen molar-refractivity contribution in [3.8, 4) is 0 Å². The summed E-state index contributed by atoms with van der Waals surface area (Å²) >= 11 is 0. The largest absolute Gasteiger partial charge is 0.463 e. The summed E-state index contributed by atoms with van der Waals surface area (Å²) in [5.74, 6) is -2.53. The summed E-state index contributed by atoms with van der Waals surface area (Å²) in [4.78, 5) is 25.1. The van der Waals surface area contributed by atoms with Crippen molar-refractivity contribution in [1.82, 2.24) is 4.90 Å². The summed E-state index contributed by atoms with van der Waals surface area (Å²) in [6, 6.07) is 3.48. The van der Waals surface area contributed by atoms with E-state index in [1.807, 2.05) is 0 Å². The molecule has 0 saturated carbocycles. The maximum Gasteiger partial charge on any atom is 0.307 e. The van der Waals surface area contributed by atoms with Crippen LogP contribution in [0, 0.1) is 11.6 Å². The third-order valence-electron chi connectivity index (χ3n) is 3.78. The van der Waals surface area contributed by atoms with E-state index in [1.54, 1.807) is 0 Å². The Morgan fingerprint density at radius 1 is 1.35 bits per heavy atom. The van der Waals surface area contributed by atoms with Crippen molar-refractivity contribution in [2.45, 2.75) is 31.8 Å². The van der Waals surface area contributed by atoms with Crippen LogP contribution < -0.4 is 0 Å². The molecule has 2 rings (SSSR count). The van der Waals surface area contributed by atoms with Gasteiger partial charge in [0.2, 0.25) is 5.91 Å². The average Bonchev–Trinajstić information content (AvgIpc) is 2.85. The number of ether oxygens (including phenoxy) is 2. The van der Waals surface area contributed by atoms with Gasteiger partial charge in [0.05, 0.1) is 13.0 Å². The molecular formula is C16H19F2NO4. The van der Waals surface area contributed by atoms with E-state index in [1.165, 1.54) is 24.1 Å². The first-order valence-electron chi connectivity index (χ1n) is 7.40. The molecule has 1 fully saturated rings. The van der Waals surface area contributed by atoms with Gasteiger partial charge in [0.25, 0.3) is 0 Å². The van der Waals surface area contributed by atoms with Gasteiger partial charge in [-0.25, -0.2) is 8.78 Å². The molecule has 23 heavy (non-hydrogen) atoms. The number of carbonyl (C=O) groups is 2. The van der Waals surface area contributed by atoms with Crippen molar-refractivity contribution in [2.24, 2.45) is 0 Å². The highest BCUT2D eigenvalue weighted by Crippen LogP contribution is 2.25. The van der Waals surface area contributed by atoms with Crippen LogP contribution in [0.2, 0.25) is 0 Å². The molecule has 1 amide bonds. The number of amides is 1. The van der Waals surface area contributed by atoms with E-state index in [-0.39, 0.29) is 43.5 Å². The second-order valence-electron chi connectivity index (χ2n) is 5.34. The summed E-state index contributed by atoms with van der Waals surface area (Å²) in [6.45, 7) is 0.389.